The number of hydrogen-bond acceptors (Lipinski definition) is 4. The Morgan fingerprint density at radius 1 is 1.38 bits per heavy atom. The van der Waals surface area contributed by atoms with E-state index in [2.05, 4.69) is 10.4 Å². The number of aromatic nitrogens is 2. The summed E-state index contributed by atoms with van der Waals surface area (Å²) in [5.74, 6) is -3.09. The third-order valence-electron chi connectivity index (χ3n) is 3.61. The zero-order valence-electron chi connectivity index (χ0n) is 13.3. The fourth-order valence-electron chi connectivity index (χ4n) is 2.31. The molecule has 0 spiro atoms. The number of carbonyl (C=O) groups is 1. The number of anilines is 1. The van der Waals surface area contributed by atoms with Crippen LogP contribution in [0.4, 0.5) is 20.2 Å². The van der Waals surface area contributed by atoms with Crippen molar-refractivity contribution in [2.45, 2.75) is 27.3 Å². The van der Waals surface area contributed by atoms with Crippen molar-refractivity contribution in [2.24, 2.45) is 5.92 Å². The second-order valence-corrected chi connectivity index (χ2v) is 5.48. The molecule has 1 atom stereocenters. The normalized spacial score (nSPS) is 12.0. The second kappa shape index (κ2) is 6.73. The molecule has 2 aromatic rings. The van der Waals surface area contributed by atoms with Crippen molar-refractivity contribution >= 4 is 17.3 Å². The number of halogens is 2. The lowest BCUT2D eigenvalue weighted by molar-refractivity contribution is -0.386. The second-order valence-electron chi connectivity index (χ2n) is 5.48. The zero-order chi connectivity index (χ0) is 18.0. The first kappa shape index (κ1) is 17.5. The molecule has 1 N–H and O–H groups in total. The Morgan fingerprint density at radius 3 is 2.58 bits per heavy atom. The molecular formula is C15H16F2N4O3. The predicted octanol–water partition coefficient (Wildman–Crippen LogP) is 2.96. The SMILES string of the molecule is Cc1nn(C[C@@H](C)C(=O)Nc2ccc(F)c(F)c2)c(C)c1[N+](=O)[O-]. The number of nitrogens with one attached hydrogen (secondary N) is 1. The average molecular weight is 338 g/mol. The summed E-state index contributed by atoms with van der Waals surface area (Å²) in [5, 5.41) is 17.5. The Kier molecular flexibility index (Phi) is 4.91. The molecule has 7 nitrogen and oxygen atoms in total. The van der Waals surface area contributed by atoms with Crippen molar-refractivity contribution in [3.8, 4) is 0 Å². The molecule has 0 unspecified atom stereocenters. The lowest BCUT2D eigenvalue weighted by Gasteiger charge is -2.13. The van der Waals surface area contributed by atoms with Crippen molar-refractivity contribution in [1.82, 2.24) is 9.78 Å². The summed E-state index contributed by atoms with van der Waals surface area (Å²) < 4.78 is 27.4. The third-order valence-corrected chi connectivity index (χ3v) is 3.61. The van der Waals surface area contributed by atoms with Gasteiger partial charge in [-0.2, -0.15) is 5.10 Å². The predicted molar refractivity (Wildman–Crippen MR) is 82.5 cm³/mol. The number of hydrogen-bond donors (Lipinski definition) is 1. The summed E-state index contributed by atoms with van der Waals surface area (Å²) >= 11 is 0. The Morgan fingerprint density at radius 2 is 2.04 bits per heavy atom. The van der Waals surface area contributed by atoms with Crippen LogP contribution >= 0.6 is 0 Å². The highest BCUT2D eigenvalue weighted by atomic mass is 19.2. The molecule has 0 aliphatic carbocycles. The number of benzene rings is 1. The summed E-state index contributed by atoms with van der Waals surface area (Å²) in [6.45, 7) is 4.80. The molecule has 1 aromatic carbocycles. The van der Waals surface area contributed by atoms with E-state index >= 15 is 0 Å². The van der Waals surface area contributed by atoms with Crippen LogP contribution in [0.3, 0.4) is 0 Å². The lowest BCUT2D eigenvalue weighted by atomic mass is 10.1. The van der Waals surface area contributed by atoms with E-state index in [1.807, 2.05) is 0 Å². The molecule has 0 saturated carbocycles. The Hall–Kier alpha value is -2.84. The van der Waals surface area contributed by atoms with Gasteiger partial charge in [-0.1, -0.05) is 6.92 Å². The number of nitro groups is 1. The highest BCUT2D eigenvalue weighted by Gasteiger charge is 2.24. The standard InChI is InChI=1S/C15H16F2N4O3/c1-8(7-20-10(3)14(21(23)24)9(2)19-20)15(22)18-11-4-5-12(16)13(17)6-11/h4-6,8H,7H2,1-3H3,(H,18,22)/t8-/m1/s1. The Labute approximate surface area is 136 Å². The van der Waals surface area contributed by atoms with Gasteiger partial charge in [0.25, 0.3) is 0 Å². The highest BCUT2D eigenvalue weighted by molar-refractivity contribution is 5.92. The fourth-order valence-corrected chi connectivity index (χ4v) is 2.31. The average Bonchev–Trinajstić information content (AvgIpc) is 2.77. The lowest BCUT2D eigenvalue weighted by Crippen LogP contribution is -2.25. The van der Waals surface area contributed by atoms with Crippen LogP contribution in [0.15, 0.2) is 18.2 Å². The molecule has 0 aliphatic heterocycles. The summed E-state index contributed by atoms with van der Waals surface area (Å²) in [6.07, 6.45) is 0. The molecule has 1 heterocycles. The van der Waals surface area contributed by atoms with E-state index in [1.165, 1.54) is 17.7 Å². The summed E-state index contributed by atoms with van der Waals surface area (Å²) in [6, 6.07) is 3.05. The van der Waals surface area contributed by atoms with Crippen LogP contribution in [0, 0.1) is 41.5 Å². The van der Waals surface area contributed by atoms with Crippen molar-refractivity contribution in [2.75, 3.05) is 5.32 Å². The molecule has 0 aliphatic rings. The van der Waals surface area contributed by atoms with Gasteiger partial charge in [0.05, 0.1) is 17.4 Å². The quantitative estimate of drug-likeness (QED) is 0.670. The van der Waals surface area contributed by atoms with Gasteiger partial charge in [0, 0.05) is 11.8 Å². The Balaban J connectivity index is 2.10. The van der Waals surface area contributed by atoms with Gasteiger partial charge < -0.3 is 5.32 Å². The van der Waals surface area contributed by atoms with Crippen LogP contribution in [0.2, 0.25) is 0 Å². The molecule has 2 rings (SSSR count). The van der Waals surface area contributed by atoms with Crippen LogP contribution in [-0.4, -0.2) is 20.6 Å². The number of nitrogens with zero attached hydrogens (tertiary/aromatic N) is 3. The van der Waals surface area contributed by atoms with Crippen LogP contribution in [0.1, 0.15) is 18.3 Å². The number of rotatable bonds is 5. The topological polar surface area (TPSA) is 90.1 Å². The van der Waals surface area contributed by atoms with Crippen molar-refractivity contribution < 1.29 is 18.5 Å². The molecule has 0 fully saturated rings. The molecule has 0 bridgehead atoms. The smallest absolute Gasteiger partial charge is 0.312 e. The van der Waals surface area contributed by atoms with Crippen molar-refractivity contribution in [3.05, 3.63) is 51.3 Å². The number of carbonyl (C=O) groups excluding carboxylic acids is 1. The molecule has 128 valence electrons. The first-order valence-electron chi connectivity index (χ1n) is 7.15. The van der Waals surface area contributed by atoms with Crippen LogP contribution in [-0.2, 0) is 11.3 Å². The summed E-state index contributed by atoms with van der Waals surface area (Å²) in [5.41, 5.74) is 0.670. The van der Waals surface area contributed by atoms with Crippen molar-refractivity contribution in [3.63, 3.8) is 0 Å². The van der Waals surface area contributed by atoms with Gasteiger partial charge in [0.2, 0.25) is 5.91 Å². The summed E-state index contributed by atoms with van der Waals surface area (Å²) in [4.78, 5) is 22.6. The first-order valence-corrected chi connectivity index (χ1v) is 7.15. The summed E-state index contributed by atoms with van der Waals surface area (Å²) in [7, 11) is 0. The molecule has 24 heavy (non-hydrogen) atoms. The van der Waals surface area contributed by atoms with E-state index in [1.54, 1.807) is 13.8 Å². The van der Waals surface area contributed by atoms with E-state index in [0.29, 0.717) is 5.69 Å². The maximum absolute atomic E-state index is 13.1. The van der Waals surface area contributed by atoms with Gasteiger partial charge >= 0.3 is 5.69 Å². The third kappa shape index (κ3) is 3.55. The van der Waals surface area contributed by atoms with E-state index in [-0.39, 0.29) is 23.6 Å². The molecule has 9 heteroatoms. The molecule has 1 aromatic heterocycles. The van der Waals surface area contributed by atoms with Gasteiger partial charge in [0.1, 0.15) is 11.4 Å². The molecule has 0 radical (unpaired) electrons. The van der Waals surface area contributed by atoms with Gasteiger partial charge in [-0.25, -0.2) is 8.78 Å². The number of amides is 1. The minimum absolute atomic E-state index is 0.0804. The highest BCUT2D eigenvalue weighted by Crippen LogP contribution is 2.23. The maximum atomic E-state index is 13.1. The van der Waals surface area contributed by atoms with Crippen molar-refractivity contribution in [1.29, 1.82) is 0 Å². The zero-order valence-corrected chi connectivity index (χ0v) is 13.3. The van der Waals surface area contributed by atoms with E-state index in [9.17, 15) is 23.7 Å². The van der Waals surface area contributed by atoms with Gasteiger partial charge in [-0.3, -0.25) is 19.6 Å². The fraction of sp³-hybridized carbons (Fsp3) is 0.333. The maximum Gasteiger partial charge on any atom is 0.312 e. The van der Waals surface area contributed by atoms with E-state index < -0.39 is 28.4 Å². The van der Waals surface area contributed by atoms with Crippen LogP contribution < -0.4 is 5.32 Å². The molecular weight excluding hydrogens is 322 g/mol. The number of aryl methyl sites for hydroxylation is 1. The first-order chi connectivity index (χ1) is 11.2. The van der Waals surface area contributed by atoms with Crippen LogP contribution in [0.25, 0.3) is 0 Å². The van der Waals surface area contributed by atoms with E-state index in [4.69, 9.17) is 0 Å². The largest absolute Gasteiger partial charge is 0.326 e. The molecule has 1 amide bonds. The van der Waals surface area contributed by atoms with Gasteiger partial charge in [-0.05, 0) is 26.0 Å². The van der Waals surface area contributed by atoms with Gasteiger partial charge in [-0.15, -0.1) is 0 Å². The van der Waals surface area contributed by atoms with E-state index in [0.717, 1.165) is 12.1 Å². The monoisotopic (exact) mass is 338 g/mol. The van der Waals surface area contributed by atoms with Crippen LogP contribution in [0.5, 0.6) is 0 Å². The minimum Gasteiger partial charge on any atom is -0.326 e. The minimum atomic E-state index is -1.06. The molecule has 0 saturated heterocycles. The Bertz CT molecular complexity index is 804. The van der Waals surface area contributed by atoms with Gasteiger partial charge in [0.15, 0.2) is 11.6 Å².